The zero-order chi connectivity index (χ0) is 14.2. The highest BCUT2D eigenvalue weighted by molar-refractivity contribution is 5.45. The van der Waals surface area contributed by atoms with Crippen LogP contribution in [0.1, 0.15) is 27.8 Å². The van der Waals surface area contributed by atoms with E-state index in [1.807, 2.05) is 39.0 Å². The smallest absolute Gasteiger partial charge is 0.273 e. The highest BCUT2D eigenvalue weighted by atomic mass is 16.1. The fourth-order valence-corrected chi connectivity index (χ4v) is 2.24. The van der Waals surface area contributed by atoms with Gasteiger partial charge in [-0.25, -0.2) is 0 Å². The molecule has 96 valence electrons. The Bertz CT molecular complexity index is 728. The van der Waals surface area contributed by atoms with Crippen molar-refractivity contribution in [3.63, 3.8) is 0 Å². The number of hydrogen-bond donors (Lipinski definition) is 0. The van der Waals surface area contributed by atoms with Crippen LogP contribution >= 0.6 is 0 Å². The number of aromatic nitrogens is 1. The van der Waals surface area contributed by atoms with E-state index in [1.54, 1.807) is 17.7 Å². The lowest BCUT2D eigenvalue weighted by Crippen LogP contribution is -2.22. The third kappa shape index (κ3) is 2.30. The van der Waals surface area contributed by atoms with E-state index < -0.39 is 0 Å². The third-order valence-corrected chi connectivity index (χ3v) is 3.32. The average Bonchev–Trinajstić information content (AvgIpc) is 2.33. The van der Waals surface area contributed by atoms with E-state index >= 15 is 0 Å². The predicted molar refractivity (Wildman–Crippen MR) is 75.7 cm³/mol. The highest BCUT2D eigenvalue weighted by Gasteiger charge is 2.11. The van der Waals surface area contributed by atoms with Crippen molar-refractivity contribution in [2.45, 2.75) is 27.7 Å². The molecule has 1 aromatic heterocycles. The third-order valence-electron chi connectivity index (χ3n) is 3.32. The minimum atomic E-state index is -0.254. The molecule has 0 aliphatic heterocycles. The number of nitriles is 1. The van der Waals surface area contributed by atoms with Gasteiger partial charge in [-0.15, -0.1) is 0 Å². The Kier molecular flexibility index (Phi) is 3.26. The zero-order valence-electron chi connectivity index (χ0n) is 11.6. The van der Waals surface area contributed by atoms with Crippen molar-refractivity contribution in [1.29, 1.82) is 5.26 Å². The van der Waals surface area contributed by atoms with Gasteiger partial charge in [-0.05, 0) is 62.1 Å². The second-order valence-corrected chi connectivity index (χ2v) is 4.94. The summed E-state index contributed by atoms with van der Waals surface area (Å²) in [6.45, 7) is 7.71. The van der Waals surface area contributed by atoms with Crippen molar-refractivity contribution >= 4 is 0 Å². The van der Waals surface area contributed by atoms with Gasteiger partial charge >= 0.3 is 0 Å². The maximum absolute atomic E-state index is 12.3. The van der Waals surface area contributed by atoms with Crippen molar-refractivity contribution in [3.8, 4) is 11.8 Å². The summed E-state index contributed by atoms with van der Waals surface area (Å²) < 4.78 is 1.56. The largest absolute Gasteiger partial charge is 0.283 e. The molecule has 0 aliphatic rings. The topological polar surface area (TPSA) is 45.8 Å². The first-order chi connectivity index (χ1) is 8.93. The number of rotatable bonds is 1. The van der Waals surface area contributed by atoms with E-state index in [-0.39, 0.29) is 11.1 Å². The molecule has 3 nitrogen and oxygen atoms in total. The van der Waals surface area contributed by atoms with Gasteiger partial charge in [0, 0.05) is 11.9 Å². The van der Waals surface area contributed by atoms with E-state index in [4.69, 9.17) is 5.26 Å². The quantitative estimate of drug-likeness (QED) is 0.783. The van der Waals surface area contributed by atoms with Crippen LogP contribution in [0, 0.1) is 39.0 Å². The van der Waals surface area contributed by atoms with Crippen molar-refractivity contribution in [2.75, 3.05) is 0 Å². The maximum Gasteiger partial charge on any atom is 0.273 e. The van der Waals surface area contributed by atoms with Gasteiger partial charge < -0.3 is 0 Å². The fourth-order valence-electron chi connectivity index (χ4n) is 2.24. The number of nitrogens with zero attached hydrogens (tertiary/aromatic N) is 2. The van der Waals surface area contributed by atoms with Gasteiger partial charge in [-0.3, -0.25) is 9.36 Å². The molecule has 1 heterocycles. The van der Waals surface area contributed by atoms with Crippen LogP contribution in [0.2, 0.25) is 0 Å². The molecule has 0 atom stereocenters. The Morgan fingerprint density at radius 1 is 1.05 bits per heavy atom. The SMILES string of the molecule is Cc1cc(C)cc(-n2cc(C)c(C)c(C#N)c2=O)c1. The lowest BCUT2D eigenvalue weighted by Gasteiger charge is -2.12. The van der Waals surface area contributed by atoms with Crippen LogP contribution in [0.3, 0.4) is 0 Å². The van der Waals surface area contributed by atoms with Crippen molar-refractivity contribution in [1.82, 2.24) is 4.57 Å². The van der Waals surface area contributed by atoms with Gasteiger partial charge in [0.15, 0.2) is 0 Å². The van der Waals surface area contributed by atoms with Crippen LogP contribution < -0.4 is 5.56 Å². The minimum absolute atomic E-state index is 0.221. The molecule has 3 heteroatoms. The summed E-state index contributed by atoms with van der Waals surface area (Å²) in [7, 11) is 0. The van der Waals surface area contributed by atoms with Crippen LogP contribution in [0.15, 0.2) is 29.2 Å². The molecule has 0 aliphatic carbocycles. The van der Waals surface area contributed by atoms with Crippen LogP contribution in [0.5, 0.6) is 0 Å². The molecule has 0 bridgehead atoms. The Morgan fingerprint density at radius 3 is 2.16 bits per heavy atom. The Balaban J connectivity index is 2.81. The average molecular weight is 252 g/mol. The number of pyridine rings is 1. The molecule has 0 fully saturated rings. The van der Waals surface area contributed by atoms with E-state index in [0.29, 0.717) is 0 Å². The number of benzene rings is 1. The first kappa shape index (κ1) is 13.1. The Morgan fingerprint density at radius 2 is 1.63 bits per heavy atom. The van der Waals surface area contributed by atoms with Gasteiger partial charge in [0.1, 0.15) is 11.6 Å². The zero-order valence-corrected chi connectivity index (χ0v) is 11.6. The molecular formula is C16H16N2O. The van der Waals surface area contributed by atoms with E-state index in [9.17, 15) is 4.79 Å². The summed E-state index contributed by atoms with van der Waals surface area (Å²) in [4.78, 5) is 12.3. The Labute approximate surface area is 112 Å². The van der Waals surface area contributed by atoms with Gasteiger partial charge in [0.25, 0.3) is 5.56 Å². The van der Waals surface area contributed by atoms with Gasteiger partial charge in [-0.2, -0.15) is 5.26 Å². The first-order valence-corrected chi connectivity index (χ1v) is 6.15. The molecule has 2 aromatic rings. The lowest BCUT2D eigenvalue weighted by molar-refractivity contribution is 0.952. The van der Waals surface area contributed by atoms with Crippen molar-refractivity contribution in [2.24, 2.45) is 0 Å². The molecule has 0 unspecified atom stereocenters. The lowest BCUT2D eigenvalue weighted by atomic mass is 10.1. The highest BCUT2D eigenvalue weighted by Crippen LogP contribution is 2.15. The molecule has 0 radical (unpaired) electrons. The second kappa shape index (κ2) is 4.74. The van der Waals surface area contributed by atoms with Gasteiger partial charge in [0.2, 0.25) is 0 Å². The van der Waals surface area contributed by atoms with Crippen LogP contribution in [0.25, 0.3) is 5.69 Å². The molecule has 2 rings (SSSR count). The summed E-state index contributed by atoms with van der Waals surface area (Å²) in [6.07, 6.45) is 1.80. The first-order valence-electron chi connectivity index (χ1n) is 6.15. The molecule has 1 aromatic carbocycles. The summed E-state index contributed by atoms with van der Waals surface area (Å²) in [5.41, 5.74) is 4.66. The minimum Gasteiger partial charge on any atom is -0.283 e. The number of hydrogen-bond acceptors (Lipinski definition) is 2. The van der Waals surface area contributed by atoms with Crippen LogP contribution in [0.4, 0.5) is 0 Å². The van der Waals surface area contributed by atoms with Crippen molar-refractivity contribution in [3.05, 3.63) is 62.6 Å². The summed E-state index contributed by atoms with van der Waals surface area (Å²) in [5, 5.41) is 9.14. The van der Waals surface area contributed by atoms with Crippen molar-refractivity contribution < 1.29 is 0 Å². The molecule has 0 saturated heterocycles. The van der Waals surface area contributed by atoms with E-state index in [1.165, 1.54) is 0 Å². The van der Waals surface area contributed by atoms with Gasteiger partial charge in [-0.1, -0.05) is 6.07 Å². The van der Waals surface area contributed by atoms with Crippen LogP contribution in [-0.2, 0) is 0 Å². The Hall–Kier alpha value is -2.34. The summed E-state index contributed by atoms with van der Waals surface area (Å²) in [6, 6.07) is 7.96. The second-order valence-electron chi connectivity index (χ2n) is 4.94. The predicted octanol–water partition coefficient (Wildman–Crippen LogP) is 2.94. The standard InChI is InChI=1S/C16H16N2O/c1-10-5-11(2)7-14(6-10)18-9-12(3)13(4)15(8-17)16(18)19/h5-7,9H,1-4H3. The summed E-state index contributed by atoms with van der Waals surface area (Å²) >= 11 is 0. The monoisotopic (exact) mass is 252 g/mol. The summed E-state index contributed by atoms with van der Waals surface area (Å²) in [5.74, 6) is 0. The fraction of sp³-hybridized carbons (Fsp3) is 0.250. The molecular weight excluding hydrogens is 236 g/mol. The molecule has 0 N–H and O–H groups in total. The van der Waals surface area contributed by atoms with Gasteiger partial charge in [0.05, 0.1) is 0 Å². The molecule has 0 spiro atoms. The van der Waals surface area contributed by atoms with E-state index in [0.717, 1.165) is 27.9 Å². The molecule has 0 saturated carbocycles. The van der Waals surface area contributed by atoms with Crippen LogP contribution in [-0.4, -0.2) is 4.57 Å². The maximum atomic E-state index is 12.3. The molecule has 0 amide bonds. The normalized spacial score (nSPS) is 10.3. The molecule has 19 heavy (non-hydrogen) atoms. The number of aryl methyl sites for hydroxylation is 3. The van der Waals surface area contributed by atoms with E-state index in [2.05, 4.69) is 6.07 Å².